The molecule has 0 aromatic carbocycles. The number of sulfone groups is 1. The van der Waals surface area contributed by atoms with Crippen molar-refractivity contribution in [2.24, 2.45) is 5.73 Å². The molecule has 7 nitrogen and oxygen atoms in total. The zero-order valence-electron chi connectivity index (χ0n) is 16.8. The average molecular weight is 431 g/mol. The Hall–Kier alpha value is -2.78. The molecule has 3 aromatic heterocycles. The van der Waals surface area contributed by atoms with E-state index in [1.165, 1.54) is 18.3 Å². The number of halogens is 1. The first kappa shape index (κ1) is 20.5. The fraction of sp³-hybridized carbons (Fsp3) is 0.333. The first-order valence-corrected chi connectivity index (χ1v) is 11.6. The van der Waals surface area contributed by atoms with Crippen LogP contribution in [0.4, 0.5) is 4.39 Å². The molecule has 3 aromatic rings. The molecule has 1 aliphatic rings. The van der Waals surface area contributed by atoms with E-state index in [2.05, 4.69) is 4.98 Å². The van der Waals surface area contributed by atoms with Gasteiger partial charge in [-0.25, -0.2) is 22.8 Å². The maximum absolute atomic E-state index is 14.2. The highest BCUT2D eigenvalue weighted by Crippen LogP contribution is 2.42. The van der Waals surface area contributed by atoms with Crippen molar-refractivity contribution in [2.45, 2.75) is 37.3 Å². The summed E-state index contributed by atoms with van der Waals surface area (Å²) < 4.78 is 45.4. The van der Waals surface area contributed by atoms with Gasteiger partial charge in [-0.3, -0.25) is 0 Å². The van der Waals surface area contributed by atoms with E-state index in [9.17, 15) is 12.8 Å². The summed E-state index contributed by atoms with van der Waals surface area (Å²) in [7, 11) is -3.40. The van der Waals surface area contributed by atoms with Gasteiger partial charge in [-0.15, -0.1) is 0 Å². The Labute approximate surface area is 174 Å². The van der Waals surface area contributed by atoms with E-state index in [0.717, 1.165) is 30.3 Å². The summed E-state index contributed by atoms with van der Waals surface area (Å²) in [6.45, 7) is 1.98. The zero-order valence-corrected chi connectivity index (χ0v) is 17.6. The lowest BCUT2D eigenvalue weighted by Crippen LogP contribution is -2.03. The molecule has 0 unspecified atom stereocenters. The predicted octanol–water partition coefficient (Wildman–Crippen LogP) is 3.63. The molecule has 0 amide bonds. The number of ether oxygens (including phenoxy) is 1. The second-order valence-electron chi connectivity index (χ2n) is 7.47. The second-order valence-corrected chi connectivity index (χ2v) is 9.43. The number of fused-ring (bicyclic) bond motifs is 1. The van der Waals surface area contributed by atoms with E-state index >= 15 is 0 Å². The molecule has 0 bridgehead atoms. The number of aromatic nitrogens is 3. The van der Waals surface area contributed by atoms with E-state index < -0.39 is 9.84 Å². The first-order valence-electron chi connectivity index (χ1n) is 9.66. The molecule has 158 valence electrons. The fourth-order valence-electron chi connectivity index (χ4n) is 3.37. The topological polar surface area (TPSA) is 100 Å². The molecular weight excluding hydrogens is 407 g/mol. The van der Waals surface area contributed by atoms with Gasteiger partial charge >= 0.3 is 0 Å². The molecule has 0 aliphatic heterocycles. The van der Waals surface area contributed by atoms with Crippen molar-refractivity contribution < 1.29 is 17.5 Å². The third kappa shape index (κ3) is 4.08. The zero-order chi connectivity index (χ0) is 21.5. The summed E-state index contributed by atoms with van der Waals surface area (Å²) in [6.07, 6.45) is 6.02. The van der Waals surface area contributed by atoms with Crippen LogP contribution < -0.4 is 10.5 Å². The number of allylic oxidation sites excluding steroid dienone is 1. The minimum Gasteiger partial charge on any atom is -0.452 e. The lowest BCUT2D eigenvalue weighted by atomic mass is 10.2. The molecule has 0 saturated heterocycles. The van der Waals surface area contributed by atoms with Gasteiger partial charge in [0.1, 0.15) is 17.1 Å². The van der Waals surface area contributed by atoms with Crippen molar-refractivity contribution in [3.05, 3.63) is 53.8 Å². The number of hydrogen-bond acceptors (Lipinski definition) is 6. The Morgan fingerprint density at radius 1 is 1.33 bits per heavy atom. The Morgan fingerprint density at radius 3 is 2.70 bits per heavy atom. The second kappa shape index (κ2) is 7.81. The lowest BCUT2D eigenvalue weighted by molar-refractivity contribution is 0.473. The molecule has 2 N–H and O–H groups in total. The number of hydrogen-bond donors (Lipinski definition) is 1. The largest absolute Gasteiger partial charge is 0.452 e. The van der Waals surface area contributed by atoms with E-state index in [4.69, 9.17) is 15.5 Å². The maximum atomic E-state index is 14.2. The highest BCUT2D eigenvalue weighted by molar-refractivity contribution is 7.90. The molecule has 9 heteroatoms. The van der Waals surface area contributed by atoms with Crippen LogP contribution >= 0.6 is 0 Å². The van der Waals surface area contributed by atoms with Gasteiger partial charge in [0.25, 0.3) is 0 Å². The smallest absolute Gasteiger partial charge is 0.192 e. The number of nitrogens with zero attached hydrogens (tertiary/aromatic N) is 3. The van der Waals surface area contributed by atoms with Gasteiger partial charge in [0.15, 0.2) is 20.6 Å². The summed E-state index contributed by atoms with van der Waals surface area (Å²) in [5.41, 5.74) is 8.53. The predicted molar refractivity (Wildman–Crippen MR) is 112 cm³/mol. The molecule has 1 saturated carbocycles. The summed E-state index contributed by atoms with van der Waals surface area (Å²) in [4.78, 5) is 8.76. The van der Waals surface area contributed by atoms with Gasteiger partial charge in [0, 0.05) is 24.4 Å². The Balaban J connectivity index is 1.78. The third-order valence-electron chi connectivity index (χ3n) is 5.09. The van der Waals surface area contributed by atoms with E-state index in [-0.39, 0.29) is 23.9 Å². The minimum atomic E-state index is -3.40. The standard InChI is InChI=1S/C21H23FN4O3S/c1-13-21(29-16-5-8-19(24-11-16)30(2,27)28)20-18(26(13)12-15(22)9-10-23)7-6-17(25-20)14-3-4-14/h5-9,11,14H,3-4,10,12,23H2,1-2H3/b15-9-. The molecule has 1 aliphatic carbocycles. The first-order chi connectivity index (χ1) is 14.3. The van der Waals surface area contributed by atoms with Crippen LogP contribution in [-0.2, 0) is 16.4 Å². The van der Waals surface area contributed by atoms with Crippen molar-refractivity contribution in [2.75, 3.05) is 12.8 Å². The third-order valence-corrected chi connectivity index (χ3v) is 6.09. The van der Waals surface area contributed by atoms with Crippen LogP contribution in [0.5, 0.6) is 11.5 Å². The molecule has 1 fully saturated rings. The van der Waals surface area contributed by atoms with Crippen LogP contribution in [-0.4, -0.2) is 35.8 Å². The SMILES string of the molecule is Cc1c(Oc2ccc(S(C)(=O)=O)nc2)c2nc(C3CC3)ccc2n1C/C(F)=C/CN. The molecule has 0 spiro atoms. The van der Waals surface area contributed by atoms with Crippen molar-refractivity contribution >= 4 is 20.9 Å². The summed E-state index contributed by atoms with van der Waals surface area (Å²) in [5, 5.41) is -0.0304. The van der Waals surface area contributed by atoms with E-state index in [0.29, 0.717) is 28.6 Å². The molecule has 3 heterocycles. The Bertz CT molecular complexity index is 1230. The van der Waals surface area contributed by atoms with Crippen LogP contribution in [0.25, 0.3) is 11.0 Å². The maximum Gasteiger partial charge on any atom is 0.192 e. The lowest BCUT2D eigenvalue weighted by Gasteiger charge is -2.08. The molecular formula is C21H23FN4O3S. The Kier molecular flexibility index (Phi) is 5.33. The van der Waals surface area contributed by atoms with Gasteiger partial charge < -0.3 is 15.0 Å². The van der Waals surface area contributed by atoms with Crippen LogP contribution in [0.15, 0.2) is 47.4 Å². The number of nitrogens with two attached hydrogens (primary N) is 1. The molecule has 0 radical (unpaired) electrons. The van der Waals surface area contributed by atoms with E-state index in [1.807, 2.05) is 19.1 Å². The average Bonchev–Trinajstić information content (AvgIpc) is 3.51. The Morgan fingerprint density at radius 2 is 2.10 bits per heavy atom. The monoisotopic (exact) mass is 430 g/mol. The van der Waals surface area contributed by atoms with Gasteiger partial charge in [-0.1, -0.05) is 0 Å². The van der Waals surface area contributed by atoms with Gasteiger partial charge in [-0.05, 0) is 50.1 Å². The van der Waals surface area contributed by atoms with Crippen LogP contribution in [0, 0.1) is 6.92 Å². The summed E-state index contributed by atoms with van der Waals surface area (Å²) >= 11 is 0. The van der Waals surface area contributed by atoms with Crippen molar-refractivity contribution in [1.82, 2.24) is 14.5 Å². The molecule has 4 rings (SSSR count). The van der Waals surface area contributed by atoms with E-state index in [1.54, 1.807) is 10.6 Å². The summed E-state index contributed by atoms with van der Waals surface area (Å²) in [6, 6.07) is 6.86. The van der Waals surface area contributed by atoms with Crippen molar-refractivity contribution in [3.8, 4) is 11.5 Å². The van der Waals surface area contributed by atoms with Crippen LogP contribution in [0.2, 0.25) is 0 Å². The number of pyridine rings is 2. The van der Waals surface area contributed by atoms with Gasteiger partial charge in [-0.2, -0.15) is 0 Å². The van der Waals surface area contributed by atoms with Gasteiger partial charge in [0.05, 0.1) is 24.0 Å². The van der Waals surface area contributed by atoms with Crippen LogP contribution in [0.1, 0.15) is 30.1 Å². The van der Waals surface area contributed by atoms with Gasteiger partial charge in [0.2, 0.25) is 0 Å². The normalized spacial score (nSPS) is 15.0. The van der Waals surface area contributed by atoms with Crippen LogP contribution in [0.3, 0.4) is 0 Å². The quantitative estimate of drug-likeness (QED) is 0.614. The molecule has 0 atom stereocenters. The highest BCUT2D eigenvalue weighted by Gasteiger charge is 2.27. The fourth-order valence-corrected chi connectivity index (χ4v) is 3.93. The van der Waals surface area contributed by atoms with Crippen molar-refractivity contribution in [1.29, 1.82) is 0 Å². The molecule has 30 heavy (non-hydrogen) atoms. The number of rotatable bonds is 7. The van der Waals surface area contributed by atoms with Crippen molar-refractivity contribution in [3.63, 3.8) is 0 Å². The highest BCUT2D eigenvalue weighted by atomic mass is 32.2. The summed E-state index contributed by atoms with van der Waals surface area (Å²) in [5.74, 6) is 0.994. The minimum absolute atomic E-state index is 0.0264.